The molecule has 0 amide bonds. The molecule has 94 valence electrons. The van der Waals surface area contributed by atoms with Crippen molar-refractivity contribution in [2.45, 2.75) is 25.5 Å². The number of halogens is 1. The zero-order chi connectivity index (χ0) is 12.7. The van der Waals surface area contributed by atoms with Gasteiger partial charge in [0.1, 0.15) is 10.8 Å². The fraction of sp³-hybridized carbons (Fsp3) is 0.308. The number of thiazole rings is 1. The van der Waals surface area contributed by atoms with Crippen LogP contribution in [0, 0.1) is 6.92 Å². The van der Waals surface area contributed by atoms with Crippen molar-refractivity contribution in [2.75, 3.05) is 0 Å². The molecule has 5 heteroatoms. The first kappa shape index (κ1) is 12.0. The largest absolute Gasteiger partial charge is 0.483 e. The second-order valence-electron chi connectivity index (χ2n) is 4.46. The second-order valence-corrected chi connectivity index (χ2v) is 5.78. The van der Waals surface area contributed by atoms with E-state index in [0.717, 1.165) is 28.4 Å². The molecule has 2 heterocycles. The maximum Gasteiger partial charge on any atom is 0.152 e. The Morgan fingerprint density at radius 1 is 1.50 bits per heavy atom. The van der Waals surface area contributed by atoms with E-state index < -0.39 is 0 Å². The summed E-state index contributed by atoms with van der Waals surface area (Å²) in [6.07, 6.45) is 0.688. The van der Waals surface area contributed by atoms with Gasteiger partial charge in [0.15, 0.2) is 6.10 Å². The third-order valence-corrected chi connectivity index (χ3v) is 4.31. The number of aromatic nitrogens is 1. The Morgan fingerprint density at radius 3 is 3.06 bits per heavy atom. The molecule has 0 fully saturated rings. The molecule has 1 aliphatic rings. The van der Waals surface area contributed by atoms with E-state index in [1.165, 1.54) is 0 Å². The maximum absolute atomic E-state index is 6.19. The van der Waals surface area contributed by atoms with Crippen LogP contribution < -0.4 is 10.5 Å². The predicted molar refractivity (Wildman–Crippen MR) is 73.2 cm³/mol. The minimum atomic E-state index is -0.0540. The van der Waals surface area contributed by atoms with Crippen LogP contribution in [0.15, 0.2) is 23.6 Å². The average Bonchev–Trinajstić information content (AvgIpc) is 2.77. The van der Waals surface area contributed by atoms with Crippen molar-refractivity contribution in [3.63, 3.8) is 0 Å². The van der Waals surface area contributed by atoms with Gasteiger partial charge in [0.05, 0.1) is 0 Å². The van der Waals surface area contributed by atoms with Crippen LogP contribution in [0.5, 0.6) is 5.75 Å². The lowest BCUT2D eigenvalue weighted by Crippen LogP contribution is -2.24. The van der Waals surface area contributed by atoms with Crippen molar-refractivity contribution < 1.29 is 4.74 Å². The minimum Gasteiger partial charge on any atom is -0.483 e. The Kier molecular flexibility index (Phi) is 3.01. The van der Waals surface area contributed by atoms with E-state index in [0.29, 0.717) is 5.02 Å². The van der Waals surface area contributed by atoms with Gasteiger partial charge < -0.3 is 10.5 Å². The quantitative estimate of drug-likeness (QED) is 0.868. The van der Waals surface area contributed by atoms with E-state index in [-0.39, 0.29) is 12.1 Å². The van der Waals surface area contributed by atoms with Crippen LogP contribution >= 0.6 is 22.9 Å². The van der Waals surface area contributed by atoms with Gasteiger partial charge in [-0.2, -0.15) is 0 Å². The highest BCUT2D eigenvalue weighted by Gasteiger charge is 2.28. The average molecular weight is 281 g/mol. The van der Waals surface area contributed by atoms with Gasteiger partial charge in [0.2, 0.25) is 0 Å². The number of nitrogens with two attached hydrogens (primary N) is 1. The number of aryl methyl sites for hydroxylation is 1. The van der Waals surface area contributed by atoms with Crippen LogP contribution in [0.25, 0.3) is 0 Å². The van der Waals surface area contributed by atoms with Crippen LogP contribution in [0.1, 0.15) is 34.8 Å². The molecule has 0 bridgehead atoms. The van der Waals surface area contributed by atoms with Gasteiger partial charge in [0, 0.05) is 34.1 Å². The molecular weight excluding hydrogens is 268 g/mol. The van der Waals surface area contributed by atoms with E-state index in [4.69, 9.17) is 22.1 Å². The highest BCUT2D eigenvalue weighted by atomic mass is 35.5. The Labute approximate surface area is 115 Å². The standard InChI is InChI=1S/C13H13ClN2OS/c1-7-6-18-13(16-7)12-5-10(15)9-4-8(14)2-3-11(9)17-12/h2-4,6,10,12H,5,15H2,1H3. The van der Waals surface area contributed by atoms with Crippen LogP contribution in [0.3, 0.4) is 0 Å². The Bertz CT molecular complexity index is 584. The van der Waals surface area contributed by atoms with Crippen LogP contribution in [0.4, 0.5) is 0 Å². The molecule has 2 aromatic rings. The highest BCUT2D eigenvalue weighted by Crippen LogP contribution is 2.41. The third kappa shape index (κ3) is 2.11. The third-order valence-electron chi connectivity index (χ3n) is 3.02. The summed E-state index contributed by atoms with van der Waals surface area (Å²) in [4.78, 5) is 4.47. The summed E-state index contributed by atoms with van der Waals surface area (Å²) in [6, 6.07) is 5.53. The smallest absolute Gasteiger partial charge is 0.152 e. The lowest BCUT2D eigenvalue weighted by Gasteiger charge is -2.29. The monoisotopic (exact) mass is 280 g/mol. The summed E-state index contributed by atoms with van der Waals surface area (Å²) in [6.45, 7) is 1.98. The topological polar surface area (TPSA) is 48.1 Å². The highest BCUT2D eigenvalue weighted by molar-refractivity contribution is 7.09. The first-order valence-electron chi connectivity index (χ1n) is 5.77. The van der Waals surface area contributed by atoms with Gasteiger partial charge in [-0.15, -0.1) is 11.3 Å². The van der Waals surface area contributed by atoms with E-state index in [2.05, 4.69) is 4.98 Å². The number of hydrogen-bond donors (Lipinski definition) is 1. The molecule has 2 N–H and O–H groups in total. The minimum absolute atomic E-state index is 0.0487. The van der Waals surface area contributed by atoms with Gasteiger partial charge in [-0.05, 0) is 25.1 Å². The van der Waals surface area contributed by atoms with Crippen LogP contribution in [-0.2, 0) is 0 Å². The zero-order valence-corrected chi connectivity index (χ0v) is 11.5. The number of hydrogen-bond acceptors (Lipinski definition) is 4. The molecule has 3 nitrogen and oxygen atoms in total. The van der Waals surface area contributed by atoms with Gasteiger partial charge in [0.25, 0.3) is 0 Å². The molecule has 3 rings (SSSR count). The van der Waals surface area contributed by atoms with Crippen molar-refractivity contribution in [3.05, 3.63) is 44.9 Å². The molecule has 0 radical (unpaired) electrons. The van der Waals surface area contributed by atoms with Crippen LogP contribution in [-0.4, -0.2) is 4.98 Å². The van der Waals surface area contributed by atoms with Gasteiger partial charge in [-0.25, -0.2) is 4.98 Å². The summed E-state index contributed by atoms with van der Waals surface area (Å²) in [7, 11) is 0. The summed E-state index contributed by atoms with van der Waals surface area (Å²) < 4.78 is 5.97. The first-order chi connectivity index (χ1) is 8.63. The molecular formula is C13H13ClN2OS. The Hall–Kier alpha value is -1.10. The van der Waals surface area contributed by atoms with Crippen LogP contribution in [0.2, 0.25) is 5.02 Å². The molecule has 2 unspecified atom stereocenters. The van der Waals surface area contributed by atoms with E-state index in [9.17, 15) is 0 Å². The zero-order valence-electron chi connectivity index (χ0n) is 9.89. The Balaban J connectivity index is 1.94. The van der Waals surface area contributed by atoms with Crippen molar-refractivity contribution in [1.82, 2.24) is 4.98 Å². The summed E-state index contributed by atoms with van der Waals surface area (Å²) in [5.41, 5.74) is 8.19. The Morgan fingerprint density at radius 2 is 2.33 bits per heavy atom. The fourth-order valence-electron chi connectivity index (χ4n) is 2.15. The molecule has 0 saturated carbocycles. The predicted octanol–water partition coefficient (Wildman–Crippen LogP) is 3.63. The molecule has 0 saturated heterocycles. The lowest BCUT2D eigenvalue weighted by atomic mass is 9.97. The van der Waals surface area contributed by atoms with Gasteiger partial charge in [-0.3, -0.25) is 0 Å². The number of rotatable bonds is 1. The van der Waals surface area contributed by atoms with Crippen molar-refractivity contribution in [1.29, 1.82) is 0 Å². The molecule has 1 aromatic carbocycles. The van der Waals surface area contributed by atoms with Crippen molar-refractivity contribution in [3.8, 4) is 5.75 Å². The fourth-order valence-corrected chi connectivity index (χ4v) is 3.16. The van der Waals surface area contributed by atoms with Crippen molar-refractivity contribution in [2.24, 2.45) is 5.73 Å². The van der Waals surface area contributed by atoms with Gasteiger partial charge >= 0.3 is 0 Å². The number of nitrogens with zero attached hydrogens (tertiary/aromatic N) is 1. The van der Waals surface area contributed by atoms with Crippen molar-refractivity contribution >= 4 is 22.9 Å². The van der Waals surface area contributed by atoms with Gasteiger partial charge in [-0.1, -0.05) is 11.6 Å². The summed E-state index contributed by atoms with van der Waals surface area (Å²) in [5.74, 6) is 0.816. The molecule has 18 heavy (non-hydrogen) atoms. The summed E-state index contributed by atoms with van der Waals surface area (Å²) >= 11 is 7.60. The molecule has 1 aliphatic heterocycles. The van der Waals surface area contributed by atoms with E-state index in [1.807, 2.05) is 30.5 Å². The summed E-state index contributed by atoms with van der Waals surface area (Å²) in [5, 5.41) is 3.71. The lowest BCUT2D eigenvalue weighted by molar-refractivity contribution is 0.161. The molecule has 2 atom stereocenters. The molecule has 0 spiro atoms. The molecule has 1 aromatic heterocycles. The second kappa shape index (κ2) is 4.53. The number of fused-ring (bicyclic) bond motifs is 1. The van der Waals surface area contributed by atoms with E-state index in [1.54, 1.807) is 11.3 Å². The maximum atomic E-state index is 6.19. The number of ether oxygens (including phenoxy) is 1. The van der Waals surface area contributed by atoms with E-state index >= 15 is 0 Å². The normalized spacial score (nSPS) is 22.4. The SMILES string of the molecule is Cc1csc(C2CC(N)c3cc(Cl)ccc3O2)n1. The molecule has 0 aliphatic carbocycles. The number of benzene rings is 1. The first-order valence-corrected chi connectivity index (χ1v) is 7.03.